The third-order valence-electron chi connectivity index (χ3n) is 2.87. The number of esters is 1. The normalized spacial score (nSPS) is 18.0. The molecule has 0 saturated carbocycles. The minimum atomic E-state index is -0.292. The summed E-state index contributed by atoms with van der Waals surface area (Å²) in [4.78, 5) is 11.2. The fourth-order valence-electron chi connectivity index (χ4n) is 2.10. The van der Waals surface area contributed by atoms with Crippen molar-refractivity contribution in [3.63, 3.8) is 0 Å². The van der Waals surface area contributed by atoms with Crippen molar-refractivity contribution in [2.24, 2.45) is 11.3 Å². The molecule has 1 rings (SSSR count). The Bertz CT molecular complexity index is 264. The highest BCUT2D eigenvalue weighted by molar-refractivity contribution is 5.86. The van der Waals surface area contributed by atoms with Crippen LogP contribution in [0.3, 0.4) is 0 Å². The van der Waals surface area contributed by atoms with Crippen LogP contribution in [0.15, 0.2) is 12.2 Å². The molecule has 1 heterocycles. The van der Waals surface area contributed by atoms with Gasteiger partial charge < -0.3 is 9.47 Å². The smallest absolute Gasteiger partial charge is 0.333 e. The van der Waals surface area contributed by atoms with Gasteiger partial charge in [0, 0.05) is 11.0 Å². The van der Waals surface area contributed by atoms with E-state index in [9.17, 15) is 4.79 Å². The molecule has 16 heavy (non-hydrogen) atoms. The van der Waals surface area contributed by atoms with Crippen LogP contribution in [-0.4, -0.2) is 25.8 Å². The van der Waals surface area contributed by atoms with E-state index in [-0.39, 0.29) is 11.4 Å². The lowest BCUT2D eigenvalue weighted by atomic mass is 9.76. The van der Waals surface area contributed by atoms with Crippen molar-refractivity contribution >= 4 is 5.97 Å². The van der Waals surface area contributed by atoms with Crippen molar-refractivity contribution in [1.82, 2.24) is 0 Å². The minimum absolute atomic E-state index is 0.240. The van der Waals surface area contributed by atoms with Crippen LogP contribution in [0.4, 0.5) is 0 Å². The number of carbonyl (C=O) groups is 1. The maximum atomic E-state index is 11.2. The van der Waals surface area contributed by atoms with E-state index >= 15 is 0 Å². The summed E-state index contributed by atoms with van der Waals surface area (Å²) in [6, 6.07) is 0. The van der Waals surface area contributed by atoms with Crippen molar-refractivity contribution in [3.8, 4) is 0 Å². The zero-order chi connectivity index (χ0) is 12.2. The highest BCUT2D eigenvalue weighted by atomic mass is 16.5. The molecule has 1 fully saturated rings. The van der Waals surface area contributed by atoms with Crippen LogP contribution >= 0.6 is 0 Å². The largest absolute Gasteiger partial charge is 0.462 e. The predicted octanol–water partition coefficient (Wildman–Crippen LogP) is 2.56. The van der Waals surface area contributed by atoms with Crippen molar-refractivity contribution in [2.75, 3.05) is 19.8 Å². The molecule has 0 atom stereocenters. The van der Waals surface area contributed by atoms with Crippen molar-refractivity contribution in [2.45, 2.75) is 33.6 Å². The van der Waals surface area contributed by atoms with Gasteiger partial charge in [-0.25, -0.2) is 4.79 Å². The Balaban J connectivity index is 2.29. The van der Waals surface area contributed by atoms with Gasteiger partial charge in [0.05, 0.1) is 19.8 Å². The molecule has 1 aliphatic rings. The Kier molecular flexibility index (Phi) is 4.54. The van der Waals surface area contributed by atoms with Crippen LogP contribution in [0.2, 0.25) is 0 Å². The van der Waals surface area contributed by atoms with Gasteiger partial charge in [0.25, 0.3) is 0 Å². The van der Waals surface area contributed by atoms with Gasteiger partial charge in [0.2, 0.25) is 0 Å². The number of hydrogen-bond donors (Lipinski definition) is 0. The summed E-state index contributed by atoms with van der Waals surface area (Å²) in [5.74, 6) is 0.362. The molecule has 0 bridgehead atoms. The molecule has 0 amide bonds. The van der Waals surface area contributed by atoms with Gasteiger partial charge in [0.15, 0.2) is 0 Å². The third kappa shape index (κ3) is 3.63. The van der Waals surface area contributed by atoms with Crippen LogP contribution in [0, 0.1) is 11.3 Å². The summed E-state index contributed by atoms with van der Waals surface area (Å²) in [6.07, 6.45) is 2.03. The molecule has 0 unspecified atom stereocenters. The molecule has 1 saturated heterocycles. The van der Waals surface area contributed by atoms with Crippen LogP contribution in [0.5, 0.6) is 0 Å². The van der Waals surface area contributed by atoms with Gasteiger partial charge in [-0.3, -0.25) is 0 Å². The number of carbonyl (C=O) groups excluding carboxylic acids is 1. The molecule has 0 aromatic rings. The molecule has 0 radical (unpaired) electrons. The van der Waals surface area contributed by atoms with Gasteiger partial charge in [-0.05, 0) is 25.7 Å². The fraction of sp³-hybridized carbons (Fsp3) is 0.769. The van der Waals surface area contributed by atoms with E-state index in [1.165, 1.54) is 0 Å². The average molecular weight is 226 g/mol. The van der Waals surface area contributed by atoms with E-state index in [0.717, 1.165) is 26.1 Å². The summed E-state index contributed by atoms with van der Waals surface area (Å²) in [5, 5.41) is 0. The summed E-state index contributed by atoms with van der Waals surface area (Å²) in [5.41, 5.74) is 0.701. The van der Waals surface area contributed by atoms with Crippen LogP contribution in [0.25, 0.3) is 0 Å². The number of rotatable bonds is 6. The first-order valence-electron chi connectivity index (χ1n) is 5.85. The van der Waals surface area contributed by atoms with E-state index in [2.05, 4.69) is 20.4 Å². The Morgan fingerprint density at radius 1 is 1.50 bits per heavy atom. The second-order valence-corrected chi connectivity index (χ2v) is 5.26. The summed E-state index contributed by atoms with van der Waals surface area (Å²) in [7, 11) is 0. The van der Waals surface area contributed by atoms with Gasteiger partial charge >= 0.3 is 5.97 Å². The second kappa shape index (κ2) is 5.48. The van der Waals surface area contributed by atoms with E-state index in [0.29, 0.717) is 18.1 Å². The average Bonchev–Trinajstić information content (AvgIpc) is 2.12. The first-order valence-corrected chi connectivity index (χ1v) is 5.85. The highest BCUT2D eigenvalue weighted by Crippen LogP contribution is 2.37. The predicted molar refractivity (Wildman–Crippen MR) is 63.1 cm³/mol. The lowest BCUT2D eigenvalue weighted by Crippen LogP contribution is -2.44. The molecule has 3 heteroatoms. The zero-order valence-electron chi connectivity index (χ0n) is 10.5. The van der Waals surface area contributed by atoms with Crippen molar-refractivity contribution in [3.05, 3.63) is 12.2 Å². The second-order valence-electron chi connectivity index (χ2n) is 5.26. The molecule has 0 aliphatic carbocycles. The molecule has 1 aliphatic heterocycles. The summed E-state index contributed by atoms with van der Waals surface area (Å²) < 4.78 is 10.4. The number of hydrogen-bond acceptors (Lipinski definition) is 3. The van der Waals surface area contributed by atoms with Crippen molar-refractivity contribution in [1.29, 1.82) is 0 Å². The summed E-state index contributed by atoms with van der Waals surface area (Å²) in [6.45, 7) is 11.7. The molecule has 92 valence electrons. The summed E-state index contributed by atoms with van der Waals surface area (Å²) >= 11 is 0. The van der Waals surface area contributed by atoms with E-state index in [1.54, 1.807) is 6.92 Å². The van der Waals surface area contributed by atoms with E-state index in [4.69, 9.17) is 9.47 Å². The monoisotopic (exact) mass is 226 g/mol. The Morgan fingerprint density at radius 3 is 2.50 bits per heavy atom. The lowest BCUT2D eigenvalue weighted by molar-refractivity contribution is -0.150. The highest BCUT2D eigenvalue weighted by Gasteiger charge is 2.38. The maximum Gasteiger partial charge on any atom is 0.333 e. The van der Waals surface area contributed by atoms with Gasteiger partial charge in [-0.1, -0.05) is 20.4 Å². The first-order chi connectivity index (χ1) is 7.45. The Morgan fingerprint density at radius 2 is 2.12 bits per heavy atom. The quantitative estimate of drug-likeness (QED) is 0.516. The van der Waals surface area contributed by atoms with E-state index < -0.39 is 0 Å². The molecule has 0 aromatic carbocycles. The van der Waals surface area contributed by atoms with Crippen LogP contribution < -0.4 is 0 Å². The van der Waals surface area contributed by atoms with Gasteiger partial charge in [-0.15, -0.1) is 0 Å². The van der Waals surface area contributed by atoms with Crippen LogP contribution in [0.1, 0.15) is 33.6 Å². The maximum absolute atomic E-state index is 11.2. The third-order valence-corrected chi connectivity index (χ3v) is 2.87. The number of ether oxygens (including phenoxy) is 2. The van der Waals surface area contributed by atoms with Crippen LogP contribution in [-0.2, 0) is 14.3 Å². The zero-order valence-corrected chi connectivity index (χ0v) is 10.5. The van der Waals surface area contributed by atoms with Gasteiger partial charge in [0.1, 0.15) is 0 Å². The minimum Gasteiger partial charge on any atom is -0.462 e. The SMILES string of the molecule is C=C(C)C(=O)OCCC1(CC(C)C)COC1. The molecule has 0 spiro atoms. The standard InChI is InChI=1S/C13H22O3/c1-10(2)7-13(8-15-9-13)5-6-16-12(14)11(3)4/h10H,3,5-9H2,1-2,4H3. The van der Waals surface area contributed by atoms with Gasteiger partial charge in [-0.2, -0.15) is 0 Å². The lowest BCUT2D eigenvalue weighted by Gasteiger charge is -2.42. The molecule has 0 N–H and O–H groups in total. The van der Waals surface area contributed by atoms with E-state index in [1.807, 2.05) is 0 Å². The molecule has 0 aromatic heterocycles. The Hall–Kier alpha value is -0.830. The van der Waals surface area contributed by atoms with Crippen molar-refractivity contribution < 1.29 is 14.3 Å². The first kappa shape index (κ1) is 13.2. The molecule has 3 nitrogen and oxygen atoms in total. The topological polar surface area (TPSA) is 35.5 Å². The Labute approximate surface area is 97.8 Å². The fourth-order valence-corrected chi connectivity index (χ4v) is 2.10. The molecular formula is C13H22O3. The molecular weight excluding hydrogens is 204 g/mol.